The molecule has 0 aliphatic carbocycles. The van der Waals surface area contributed by atoms with E-state index >= 15 is 0 Å². The smallest absolute Gasteiger partial charge is 0.358 e. The molecule has 139 heavy (non-hydrogen) atoms. The molecule has 16 aromatic carbocycles. The first-order valence-electron chi connectivity index (χ1n) is 44.8. The quantitative estimate of drug-likeness (QED) is 0.108. The number of fused-ring (bicyclic) bond motifs is 21. The second kappa shape index (κ2) is 35.1. The van der Waals surface area contributed by atoms with Crippen LogP contribution >= 0.6 is 0 Å². The second-order valence-electron chi connectivity index (χ2n) is 33.5. The predicted molar refractivity (Wildman–Crippen MR) is 542 cm³/mol. The van der Waals surface area contributed by atoms with Gasteiger partial charge >= 0.3 is 63.2 Å². The summed E-state index contributed by atoms with van der Waals surface area (Å²) in [6.45, 7) is 0. The van der Waals surface area contributed by atoms with Crippen molar-refractivity contribution in [3.05, 3.63) is 456 Å². The van der Waals surface area contributed by atoms with Gasteiger partial charge < -0.3 is 28.2 Å². The van der Waals surface area contributed by atoms with Gasteiger partial charge in [-0.2, -0.15) is 24.3 Å². The number of benzene rings is 16. The van der Waals surface area contributed by atoms with E-state index in [9.17, 15) is 0 Å². The summed E-state index contributed by atoms with van der Waals surface area (Å²) in [5, 5.41) is 43.8. The maximum absolute atomic E-state index is 4.80. The van der Waals surface area contributed by atoms with E-state index < -0.39 is 0 Å². The van der Waals surface area contributed by atoms with Crippen LogP contribution in [0.25, 0.3) is 233 Å². The Labute approximate surface area is 836 Å². The van der Waals surface area contributed by atoms with Crippen molar-refractivity contribution >= 4 is 153 Å². The number of pyridine rings is 3. The number of para-hydroxylation sites is 10. The number of nitrogens with zero attached hydrogens (tertiary/aromatic N) is 19. The summed E-state index contributed by atoms with van der Waals surface area (Å²) in [7, 11) is 0. The zero-order valence-electron chi connectivity index (χ0n) is 73.3. The first-order chi connectivity index (χ1) is 67.5. The summed E-state index contributed by atoms with van der Waals surface area (Å²) >= 11 is 0. The van der Waals surface area contributed by atoms with Crippen LogP contribution in [0.2, 0.25) is 0 Å². The monoisotopic (exact) mass is 2320 g/mol. The minimum Gasteiger partial charge on any atom is -0.358 e. The van der Waals surface area contributed by atoms with Crippen LogP contribution in [0.4, 0.5) is 0 Å². The molecule has 0 spiro atoms. The van der Waals surface area contributed by atoms with Gasteiger partial charge in [0.05, 0.1) is 57.2 Å². The number of rotatable bonds is 12. The van der Waals surface area contributed by atoms with Crippen LogP contribution < -0.4 is 0 Å². The van der Waals surface area contributed by atoms with Crippen molar-refractivity contribution in [3.63, 3.8) is 0 Å². The number of aromatic nitrogens is 19. The normalized spacial score (nSPS) is 11.6. The Bertz CT molecular complexity index is 9620. The van der Waals surface area contributed by atoms with Gasteiger partial charge in [0.1, 0.15) is 5.65 Å². The zero-order valence-corrected chi connectivity index (χ0v) is 80.1. The van der Waals surface area contributed by atoms with Gasteiger partial charge in [-0.3, -0.25) is 13.7 Å². The fraction of sp³-hybridized carbons (Fsp3) is 0. The van der Waals surface area contributed by atoms with Gasteiger partial charge in [-0.1, -0.05) is 255 Å². The Morgan fingerprint density at radius 3 is 0.813 bits per heavy atom. The molecule has 0 radical (unpaired) electrons. The number of hydrogen-bond donors (Lipinski definition) is 0. The number of hydrogen-bond acceptors (Lipinski definition) is 9. The molecule has 29 rings (SSSR count). The maximum Gasteiger partial charge on any atom is 2.00 e. The van der Waals surface area contributed by atoms with Crippen molar-refractivity contribution in [1.82, 2.24) is 91.9 Å². The molecular weight excluding hydrogens is 2260 g/mol. The van der Waals surface area contributed by atoms with Gasteiger partial charge in [0, 0.05) is 78.2 Å². The Morgan fingerprint density at radius 2 is 0.439 bits per heavy atom. The van der Waals surface area contributed by atoms with Gasteiger partial charge in [-0.15, -0.1) is 140 Å². The molecule has 13 aromatic heterocycles. The Kier molecular flexibility index (Phi) is 21.4. The van der Waals surface area contributed by atoms with Gasteiger partial charge in [0.2, 0.25) is 0 Å². The summed E-state index contributed by atoms with van der Waals surface area (Å²) in [5.41, 5.74) is 24.4. The molecular formula is C117H69N19Pt3. The zero-order chi connectivity index (χ0) is 89.4. The topological polar surface area (TPSA) is 165 Å². The molecule has 0 unspecified atom stereocenters. The van der Waals surface area contributed by atoms with E-state index in [1.165, 1.54) is 32.3 Å². The van der Waals surface area contributed by atoms with Crippen molar-refractivity contribution in [3.8, 4) is 79.8 Å². The van der Waals surface area contributed by atoms with E-state index in [0.717, 1.165) is 200 Å². The van der Waals surface area contributed by atoms with Gasteiger partial charge in [-0.05, 0) is 141 Å². The summed E-state index contributed by atoms with van der Waals surface area (Å²) in [6.07, 6.45) is 11.4. The van der Waals surface area contributed by atoms with E-state index in [1.807, 2.05) is 103 Å². The third kappa shape index (κ3) is 14.2. The molecule has 29 aromatic rings. The summed E-state index contributed by atoms with van der Waals surface area (Å²) < 4.78 is 20.8. The standard InChI is InChI=1S/C43H25N7.2C37H22N6.3Pt/c1-5-18-37-33(15-1)35-23-22-28(47-27-42(45-46-47)50-39-20-7-2-13-31(39)32-14-3-8-21-40(32)50)26-41(35)48(37)29-11-9-12-30(25-29)49-38-19-6-4-16-34(38)36-17-10-24-44-43(36)49;1-4-16-33-30(14-1)31-20-19-25(32-15-7-8-21-38-32)22-36(31)42(33)27-11-9-10-26(23-27)41-24-37(39-40-41)43-34-17-5-2-12-28(34)29-13-3-6-18-35(29)43;1-4-16-33-30(14-1)31-20-19-26(23-36(31)42(33)27-11-9-10-25(22-27)32-15-7-8-21-38-32)41-24-37(39-40-41)43-34-17-5-2-12-28(34)29-13-3-6-18-35(29)43;;;/h1-24,27H;2*1-21,24H;;;/q3*-2;3*+2. The Balaban J connectivity index is 0.000000113. The van der Waals surface area contributed by atoms with Crippen LogP contribution in [0.5, 0.6) is 0 Å². The molecule has 0 aliphatic heterocycles. The van der Waals surface area contributed by atoms with Gasteiger partial charge in [0.15, 0.2) is 17.5 Å². The molecule has 19 nitrogen and oxygen atoms in total. The van der Waals surface area contributed by atoms with Crippen LogP contribution in [0.1, 0.15) is 0 Å². The van der Waals surface area contributed by atoms with Crippen LogP contribution in [-0.2, 0) is 63.2 Å². The molecule has 0 saturated heterocycles. The summed E-state index contributed by atoms with van der Waals surface area (Å²) in [5.74, 6) is 2.25. The minimum atomic E-state index is 0. The Hall–Kier alpha value is -16.9. The SMILES string of the molecule is [Pt+2].[Pt+2].[Pt+2].[c-]1c(-c2ccccn2)cccc1-n1c2[c-]c(-n3cc(-n4c5ccccc5c5ccccc54)nn3)ccc2c2ccccc21.[c-]1c(-n2c3[c-]c(-n4cc(-n5c6ccccc6c6ccccc65)nn4)ccc3c3ccccc32)cccc1-n1c2ccccc2c2cccnc21.[c-]1c(-n2cc(-n3c4ccccc4c4ccccc43)nn2)cccc1-n1c2[c-]c(-c3ccccn3)ccc2c2ccccc21. The van der Waals surface area contributed by atoms with Crippen molar-refractivity contribution in [1.29, 1.82) is 0 Å². The van der Waals surface area contributed by atoms with E-state index in [-0.39, 0.29) is 63.2 Å². The minimum absolute atomic E-state index is 0. The second-order valence-corrected chi connectivity index (χ2v) is 33.5. The summed E-state index contributed by atoms with van der Waals surface area (Å²) in [6, 6.07) is 154. The van der Waals surface area contributed by atoms with Crippen molar-refractivity contribution < 1.29 is 63.2 Å². The van der Waals surface area contributed by atoms with E-state index in [4.69, 9.17) is 4.98 Å². The van der Waals surface area contributed by atoms with E-state index in [0.29, 0.717) is 0 Å². The molecule has 0 bridgehead atoms. The van der Waals surface area contributed by atoms with Crippen molar-refractivity contribution in [2.45, 2.75) is 0 Å². The van der Waals surface area contributed by atoms with Gasteiger partial charge in [0.25, 0.3) is 0 Å². The fourth-order valence-corrected chi connectivity index (χ4v) is 20.0. The fourth-order valence-electron chi connectivity index (χ4n) is 20.0. The Morgan fingerprint density at radius 1 is 0.173 bits per heavy atom. The van der Waals surface area contributed by atoms with Crippen LogP contribution in [-0.4, -0.2) is 91.9 Å². The first kappa shape index (κ1) is 85.0. The van der Waals surface area contributed by atoms with Gasteiger partial charge in [-0.25, -0.2) is 19.0 Å². The third-order valence-corrected chi connectivity index (χ3v) is 25.9. The molecule has 0 amide bonds. The molecule has 0 saturated carbocycles. The summed E-state index contributed by atoms with van der Waals surface area (Å²) in [4.78, 5) is 13.9. The molecule has 13 heterocycles. The molecule has 0 aliphatic rings. The average molecular weight is 2330 g/mol. The maximum atomic E-state index is 4.80. The molecule has 22 heteroatoms. The molecule has 0 atom stereocenters. The van der Waals surface area contributed by atoms with E-state index in [2.05, 4.69) is 431 Å². The largest absolute Gasteiger partial charge is 2.00 e. The predicted octanol–water partition coefficient (Wildman–Crippen LogP) is 25.8. The molecule has 662 valence electrons. The van der Waals surface area contributed by atoms with Crippen LogP contribution in [0.3, 0.4) is 0 Å². The third-order valence-electron chi connectivity index (χ3n) is 25.9. The van der Waals surface area contributed by atoms with Crippen molar-refractivity contribution in [2.75, 3.05) is 0 Å². The van der Waals surface area contributed by atoms with Crippen LogP contribution in [0.15, 0.2) is 419 Å². The first-order valence-corrected chi connectivity index (χ1v) is 44.8. The van der Waals surface area contributed by atoms with Crippen LogP contribution in [0, 0.1) is 36.4 Å². The van der Waals surface area contributed by atoms with Crippen molar-refractivity contribution in [2.24, 2.45) is 0 Å². The molecule has 0 N–H and O–H groups in total. The van der Waals surface area contributed by atoms with E-state index in [1.54, 1.807) is 9.36 Å². The average Bonchev–Trinajstić information content (AvgIpc) is 1.57. The molecule has 0 fully saturated rings.